The third-order valence-corrected chi connectivity index (χ3v) is 4.29. The molecule has 4 rings (SSSR count). The van der Waals surface area contributed by atoms with Gasteiger partial charge in [0, 0.05) is 17.1 Å². The molecule has 1 aliphatic rings. The Hall–Kier alpha value is -1.94. The fourth-order valence-electron chi connectivity index (χ4n) is 2.33. The standard InChI is InChI=1S/C14H8FNOS/c15-9-4-1-3-8-12-11(18-14(8)9)7-17-10-5-2-6-16-13(10)12/h1-6H,7H2. The highest BCUT2D eigenvalue weighted by Gasteiger charge is 2.24. The van der Waals surface area contributed by atoms with E-state index in [0.29, 0.717) is 11.3 Å². The van der Waals surface area contributed by atoms with Crippen molar-refractivity contribution in [2.75, 3.05) is 0 Å². The molecule has 0 spiro atoms. The van der Waals surface area contributed by atoms with Crippen molar-refractivity contribution < 1.29 is 9.13 Å². The Morgan fingerprint density at radius 2 is 2.17 bits per heavy atom. The number of benzene rings is 1. The van der Waals surface area contributed by atoms with E-state index in [9.17, 15) is 4.39 Å². The van der Waals surface area contributed by atoms with Crippen LogP contribution in [-0.2, 0) is 6.61 Å². The molecule has 3 heterocycles. The third-order valence-electron chi connectivity index (χ3n) is 3.11. The zero-order valence-corrected chi connectivity index (χ0v) is 10.1. The summed E-state index contributed by atoms with van der Waals surface area (Å²) in [6, 6.07) is 8.91. The van der Waals surface area contributed by atoms with Crippen molar-refractivity contribution in [3.05, 3.63) is 47.2 Å². The second-order valence-corrected chi connectivity index (χ2v) is 5.26. The van der Waals surface area contributed by atoms with Crippen molar-refractivity contribution >= 4 is 21.4 Å². The molecule has 2 nitrogen and oxygen atoms in total. The van der Waals surface area contributed by atoms with Crippen LogP contribution in [0.25, 0.3) is 21.3 Å². The lowest BCUT2D eigenvalue weighted by Gasteiger charge is -2.16. The van der Waals surface area contributed by atoms with Gasteiger partial charge in [-0.05, 0) is 18.2 Å². The average Bonchev–Trinajstić information content (AvgIpc) is 2.79. The molecule has 0 unspecified atom stereocenters. The lowest BCUT2D eigenvalue weighted by Crippen LogP contribution is -2.03. The van der Waals surface area contributed by atoms with Gasteiger partial charge in [-0.15, -0.1) is 11.3 Å². The van der Waals surface area contributed by atoms with Crippen LogP contribution in [0.4, 0.5) is 4.39 Å². The summed E-state index contributed by atoms with van der Waals surface area (Å²) in [6.45, 7) is 0.493. The minimum absolute atomic E-state index is 0.176. The first kappa shape index (κ1) is 10.0. The van der Waals surface area contributed by atoms with Gasteiger partial charge in [-0.25, -0.2) is 4.39 Å². The predicted molar refractivity (Wildman–Crippen MR) is 69.3 cm³/mol. The van der Waals surface area contributed by atoms with Crippen LogP contribution in [0.1, 0.15) is 4.88 Å². The molecule has 4 heteroatoms. The van der Waals surface area contributed by atoms with Crippen LogP contribution in [0.2, 0.25) is 0 Å². The monoisotopic (exact) mass is 257 g/mol. The quantitative estimate of drug-likeness (QED) is 0.607. The van der Waals surface area contributed by atoms with Gasteiger partial charge < -0.3 is 4.74 Å². The molecule has 0 saturated carbocycles. The minimum atomic E-state index is -0.176. The van der Waals surface area contributed by atoms with Crippen LogP contribution < -0.4 is 4.74 Å². The van der Waals surface area contributed by atoms with Gasteiger partial charge in [0.15, 0.2) is 0 Å². The van der Waals surface area contributed by atoms with E-state index in [1.54, 1.807) is 12.3 Å². The van der Waals surface area contributed by atoms with Crippen molar-refractivity contribution in [3.8, 4) is 17.0 Å². The fraction of sp³-hybridized carbons (Fsp3) is 0.0714. The first-order valence-electron chi connectivity index (χ1n) is 5.62. The summed E-state index contributed by atoms with van der Waals surface area (Å²) in [5.74, 6) is 0.596. The highest BCUT2D eigenvalue weighted by Crippen LogP contribution is 2.45. The normalized spacial score (nSPS) is 12.9. The SMILES string of the molecule is Fc1cccc2c3c(sc12)COc1cccnc1-3. The summed E-state index contributed by atoms with van der Waals surface area (Å²) in [7, 11) is 0. The van der Waals surface area contributed by atoms with Crippen LogP contribution in [0.5, 0.6) is 5.75 Å². The number of pyridine rings is 1. The summed E-state index contributed by atoms with van der Waals surface area (Å²) in [6.07, 6.45) is 1.74. The average molecular weight is 257 g/mol. The molecule has 0 atom stereocenters. The molecular weight excluding hydrogens is 249 g/mol. The molecule has 0 saturated heterocycles. The van der Waals surface area contributed by atoms with E-state index in [2.05, 4.69) is 4.98 Å². The van der Waals surface area contributed by atoms with Crippen LogP contribution in [0, 0.1) is 5.82 Å². The highest BCUT2D eigenvalue weighted by atomic mass is 32.1. The highest BCUT2D eigenvalue weighted by molar-refractivity contribution is 7.19. The summed E-state index contributed by atoms with van der Waals surface area (Å²) in [5, 5.41) is 0.929. The van der Waals surface area contributed by atoms with Gasteiger partial charge in [-0.3, -0.25) is 4.98 Å². The van der Waals surface area contributed by atoms with Crippen molar-refractivity contribution in [2.24, 2.45) is 0 Å². The van der Waals surface area contributed by atoms with Crippen LogP contribution in [0.15, 0.2) is 36.5 Å². The number of ether oxygens (including phenoxy) is 1. The predicted octanol–water partition coefficient (Wildman–Crippen LogP) is 3.99. The first-order valence-corrected chi connectivity index (χ1v) is 6.44. The van der Waals surface area contributed by atoms with Gasteiger partial charge >= 0.3 is 0 Å². The maximum absolute atomic E-state index is 13.8. The number of hydrogen-bond donors (Lipinski definition) is 0. The lowest BCUT2D eigenvalue weighted by molar-refractivity contribution is 0.305. The lowest BCUT2D eigenvalue weighted by atomic mass is 10.0. The summed E-state index contributed by atoms with van der Waals surface area (Å²) >= 11 is 1.45. The summed E-state index contributed by atoms with van der Waals surface area (Å²) in [5.41, 5.74) is 1.84. The molecule has 0 N–H and O–H groups in total. The Balaban J connectivity index is 2.14. The molecular formula is C14H8FNOS. The van der Waals surface area contributed by atoms with Crippen LogP contribution >= 0.6 is 11.3 Å². The zero-order valence-electron chi connectivity index (χ0n) is 9.31. The fourth-order valence-corrected chi connectivity index (χ4v) is 3.45. The number of halogens is 1. The Bertz CT molecular complexity index is 766. The van der Waals surface area contributed by atoms with E-state index in [1.165, 1.54) is 17.4 Å². The molecule has 1 aliphatic heterocycles. The van der Waals surface area contributed by atoms with E-state index < -0.39 is 0 Å². The van der Waals surface area contributed by atoms with Crippen molar-refractivity contribution in [1.29, 1.82) is 0 Å². The van der Waals surface area contributed by atoms with Gasteiger partial charge in [0.1, 0.15) is 23.9 Å². The second-order valence-electron chi connectivity index (χ2n) is 4.16. The van der Waals surface area contributed by atoms with E-state index >= 15 is 0 Å². The number of aromatic nitrogens is 1. The maximum Gasteiger partial charge on any atom is 0.146 e. The van der Waals surface area contributed by atoms with Crippen molar-refractivity contribution in [1.82, 2.24) is 4.98 Å². The molecule has 1 aromatic carbocycles. The van der Waals surface area contributed by atoms with Crippen LogP contribution in [0.3, 0.4) is 0 Å². The summed E-state index contributed by atoms with van der Waals surface area (Å²) < 4.78 is 20.1. The minimum Gasteiger partial charge on any atom is -0.486 e. The number of nitrogens with zero attached hydrogens (tertiary/aromatic N) is 1. The number of rotatable bonds is 0. The van der Waals surface area contributed by atoms with Gasteiger partial charge in [-0.1, -0.05) is 12.1 Å². The molecule has 88 valence electrons. The van der Waals surface area contributed by atoms with Gasteiger partial charge in [0.2, 0.25) is 0 Å². The molecule has 0 fully saturated rings. The van der Waals surface area contributed by atoms with Crippen LogP contribution in [-0.4, -0.2) is 4.98 Å². The number of thiophene rings is 1. The van der Waals surface area contributed by atoms with E-state index in [4.69, 9.17) is 4.74 Å². The van der Waals surface area contributed by atoms with E-state index in [1.807, 2.05) is 18.2 Å². The first-order chi connectivity index (χ1) is 8.84. The van der Waals surface area contributed by atoms with Gasteiger partial charge in [0.05, 0.1) is 9.58 Å². The zero-order chi connectivity index (χ0) is 12.1. The molecule has 18 heavy (non-hydrogen) atoms. The van der Waals surface area contributed by atoms with Crippen molar-refractivity contribution in [3.63, 3.8) is 0 Å². The molecule has 0 bridgehead atoms. The van der Waals surface area contributed by atoms with Gasteiger partial charge in [0.25, 0.3) is 0 Å². The summed E-state index contributed by atoms with van der Waals surface area (Å²) in [4.78, 5) is 5.41. The molecule has 0 amide bonds. The molecule has 3 aromatic rings. The Kier molecular flexibility index (Phi) is 1.96. The smallest absolute Gasteiger partial charge is 0.146 e. The Morgan fingerprint density at radius 1 is 1.22 bits per heavy atom. The maximum atomic E-state index is 13.8. The van der Waals surface area contributed by atoms with Crippen molar-refractivity contribution in [2.45, 2.75) is 6.61 Å². The number of hydrogen-bond acceptors (Lipinski definition) is 3. The number of fused-ring (bicyclic) bond motifs is 5. The Morgan fingerprint density at radius 3 is 3.11 bits per heavy atom. The van der Waals surface area contributed by atoms with E-state index in [-0.39, 0.29) is 5.82 Å². The van der Waals surface area contributed by atoms with Gasteiger partial charge in [-0.2, -0.15) is 0 Å². The Labute approximate surface area is 107 Å². The second kappa shape index (κ2) is 3.53. The molecule has 2 aromatic heterocycles. The largest absolute Gasteiger partial charge is 0.486 e. The molecule has 0 aliphatic carbocycles. The van der Waals surface area contributed by atoms with E-state index in [0.717, 1.165) is 27.3 Å². The topological polar surface area (TPSA) is 22.1 Å². The molecule has 0 radical (unpaired) electrons. The third kappa shape index (κ3) is 1.24.